The number of nitrogens with two attached hydrogens (primary N) is 1. The van der Waals surface area contributed by atoms with Gasteiger partial charge in [0, 0.05) is 30.7 Å². The Bertz CT molecular complexity index is 563. The first kappa shape index (κ1) is 13.7. The molecule has 2 rings (SSSR count). The molecule has 1 aromatic heterocycles. The van der Waals surface area contributed by atoms with Crippen molar-refractivity contribution in [2.45, 2.75) is 26.8 Å². The average molecular weight is 372 g/mol. The molecule has 0 spiro atoms. The number of benzene rings is 1. The summed E-state index contributed by atoms with van der Waals surface area (Å²) in [5.41, 5.74) is 9.09. The molecule has 0 aliphatic rings. The lowest BCUT2D eigenvalue weighted by Crippen LogP contribution is -2.08. The van der Waals surface area contributed by atoms with Crippen LogP contribution in [-0.2, 0) is 0 Å². The highest BCUT2D eigenvalue weighted by Crippen LogP contribution is 2.30. The van der Waals surface area contributed by atoms with E-state index in [9.17, 15) is 0 Å². The molecule has 0 saturated heterocycles. The Labute approximate surface area is 126 Å². The molecule has 0 amide bonds. The van der Waals surface area contributed by atoms with Crippen molar-refractivity contribution in [3.05, 3.63) is 43.2 Å². The standard InChI is InChI=1S/C14H17IN2S/c1-8-6-12(10(3)18-8)9(2)17-14-5-4-11(16)7-13(14)15/h4-7,9,17H,16H2,1-3H3. The third kappa shape index (κ3) is 2.98. The van der Waals surface area contributed by atoms with Crippen molar-refractivity contribution in [3.8, 4) is 0 Å². The molecule has 2 nitrogen and oxygen atoms in total. The molecule has 0 saturated carbocycles. The molecule has 2 aromatic rings. The molecule has 1 heterocycles. The molecule has 0 bridgehead atoms. The monoisotopic (exact) mass is 372 g/mol. The molecule has 3 N–H and O–H groups in total. The van der Waals surface area contributed by atoms with Crippen molar-refractivity contribution < 1.29 is 0 Å². The third-order valence-corrected chi connectivity index (χ3v) is 4.79. The van der Waals surface area contributed by atoms with Crippen molar-refractivity contribution in [2.75, 3.05) is 11.1 Å². The summed E-state index contributed by atoms with van der Waals surface area (Å²) in [4.78, 5) is 2.75. The van der Waals surface area contributed by atoms with E-state index in [4.69, 9.17) is 5.73 Å². The molecular formula is C14H17IN2S. The largest absolute Gasteiger partial charge is 0.399 e. The fraction of sp³-hybridized carbons (Fsp3) is 0.286. The maximum absolute atomic E-state index is 5.77. The van der Waals surface area contributed by atoms with Gasteiger partial charge >= 0.3 is 0 Å². The maximum atomic E-state index is 5.77. The average Bonchev–Trinajstić information content (AvgIpc) is 2.62. The Hall–Kier alpha value is -0.750. The summed E-state index contributed by atoms with van der Waals surface area (Å²) in [6.07, 6.45) is 0. The Morgan fingerprint density at radius 2 is 2.00 bits per heavy atom. The second kappa shape index (κ2) is 5.48. The topological polar surface area (TPSA) is 38.0 Å². The minimum absolute atomic E-state index is 0.312. The van der Waals surface area contributed by atoms with Crippen molar-refractivity contribution in [1.82, 2.24) is 0 Å². The molecular weight excluding hydrogens is 355 g/mol. The summed E-state index contributed by atoms with van der Waals surface area (Å²) in [5.74, 6) is 0. The van der Waals surface area contributed by atoms with Crippen molar-refractivity contribution in [3.63, 3.8) is 0 Å². The van der Waals surface area contributed by atoms with Crippen LogP contribution >= 0.6 is 33.9 Å². The summed E-state index contributed by atoms with van der Waals surface area (Å²) >= 11 is 4.17. The van der Waals surface area contributed by atoms with Crippen LogP contribution < -0.4 is 11.1 Å². The van der Waals surface area contributed by atoms with Gasteiger partial charge in [-0.05, 0) is 73.2 Å². The van der Waals surface area contributed by atoms with Gasteiger partial charge in [0.1, 0.15) is 0 Å². The fourth-order valence-corrected chi connectivity index (χ4v) is 3.76. The first-order chi connectivity index (χ1) is 8.47. The second-order valence-corrected chi connectivity index (χ2v) is 7.10. The zero-order valence-electron chi connectivity index (χ0n) is 10.8. The third-order valence-electron chi connectivity index (χ3n) is 2.91. The molecule has 96 valence electrons. The highest BCUT2D eigenvalue weighted by molar-refractivity contribution is 14.1. The lowest BCUT2D eigenvalue weighted by molar-refractivity contribution is 0.880. The number of nitrogen functional groups attached to an aromatic ring is 1. The molecule has 0 fully saturated rings. The number of halogens is 1. The van der Waals surface area contributed by atoms with Gasteiger partial charge in [0.05, 0.1) is 0 Å². The Kier molecular flexibility index (Phi) is 4.17. The quantitative estimate of drug-likeness (QED) is 0.604. The fourth-order valence-electron chi connectivity index (χ4n) is 2.04. The van der Waals surface area contributed by atoms with Gasteiger partial charge in [-0.1, -0.05) is 0 Å². The van der Waals surface area contributed by atoms with Gasteiger partial charge < -0.3 is 11.1 Å². The lowest BCUT2D eigenvalue weighted by atomic mass is 10.1. The Morgan fingerprint density at radius 1 is 1.28 bits per heavy atom. The minimum Gasteiger partial charge on any atom is -0.399 e. The van der Waals surface area contributed by atoms with E-state index in [0.717, 1.165) is 14.9 Å². The summed E-state index contributed by atoms with van der Waals surface area (Å²) in [6, 6.07) is 8.54. The minimum atomic E-state index is 0.312. The number of thiophene rings is 1. The number of nitrogens with one attached hydrogen (secondary N) is 1. The van der Waals surface area contributed by atoms with E-state index >= 15 is 0 Å². The van der Waals surface area contributed by atoms with E-state index in [1.54, 1.807) is 0 Å². The second-order valence-electron chi connectivity index (χ2n) is 4.47. The SMILES string of the molecule is Cc1cc(C(C)Nc2ccc(N)cc2I)c(C)s1. The van der Waals surface area contributed by atoms with Gasteiger partial charge in [0.25, 0.3) is 0 Å². The van der Waals surface area contributed by atoms with E-state index < -0.39 is 0 Å². The van der Waals surface area contributed by atoms with Gasteiger partial charge in [0.2, 0.25) is 0 Å². The van der Waals surface area contributed by atoms with Gasteiger partial charge in [0.15, 0.2) is 0 Å². The first-order valence-corrected chi connectivity index (χ1v) is 7.75. The predicted octanol–water partition coefficient (Wildman–Crippen LogP) is 4.72. The predicted molar refractivity (Wildman–Crippen MR) is 89.4 cm³/mol. The highest BCUT2D eigenvalue weighted by Gasteiger charge is 2.12. The first-order valence-electron chi connectivity index (χ1n) is 5.86. The zero-order valence-corrected chi connectivity index (χ0v) is 13.7. The van der Waals surface area contributed by atoms with E-state index in [0.29, 0.717) is 6.04 Å². The van der Waals surface area contributed by atoms with E-state index in [1.807, 2.05) is 29.5 Å². The van der Waals surface area contributed by atoms with Crippen LogP contribution in [0.15, 0.2) is 24.3 Å². The van der Waals surface area contributed by atoms with Crippen LogP contribution in [0.25, 0.3) is 0 Å². The maximum Gasteiger partial charge on any atom is 0.0496 e. The number of aryl methyl sites for hydroxylation is 2. The van der Waals surface area contributed by atoms with Crippen LogP contribution in [0, 0.1) is 17.4 Å². The highest BCUT2D eigenvalue weighted by atomic mass is 127. The van der Waals surface area contributed by atoms with Crippen LogP contribution in [0.4, 0.5) is 11.4 Å². The molecule has 0 radical (unpaired) electrons. The smallest absolute Gasteiger partial charge is 0.0496 e. The molecule has 1 atom stereocenters. The van der Waals surface area contributed by atoms with Crippen molar-refractivity contribution >= 4 is 45.3 Å². The molecule has 4 heteroatoms. The summed E-state index contributed by atoms with van der Waals surface area (Å²) in [5, 5.41) is 3.55. The molecule has 1 unspecified atom stereocenters. The molecule has 1 aromatic carbocycles. The van der Waals surface area contributed by atoms with Gasteiger partial charge in [-0.25, -0.2) is 0 Å². The number of hydrogen-bond acceptors (Lipinski definition) is 3. The molecule has 0 aliphatic heterocycles. The van der Waals surface area contributed by atoms with E-state index in [2.05, 4.69) is 54.7 Å². The number of anilines is 2. The van der Waals surface area contributed by atoms with Crippen LogP contribution in [0.2, 0.25) is 0 Å². The Balaban J connectivity index is 2.21. The van der Waals surface area contributed by atoms with Gasteiger partial charge in [-0.3, -0.25) is 0 Å². The van der Waals surface area contributed by atoms with Crippen molar-refractivity contribution in [1.29, 1.82) is 0 Å². The summed E-state index contributed by atoms with van der Waals surface area (Å²) in [6.45, 7) is 6.53. The van der Waals surface area contributed by atoms with Crippen LogP contribution in [-0.4, -0.2) is 0 Å². The van der Waals surface area contributed by atoms with Crippen LogP contribution in [0.5, 0.6) is 0 Å². The molecule has 18 heavy (non-hydrogen) atoms. The van der Waals surface area contributed by atoms with Gasteiger partial charge in [-0.15, -0.1) is 11.3 Å². The van der Waals surface area contributed by atoms with Crippen LogP contribution in [0.1, 0.15) is 28.3 Å². The number of rotatable bonds is 3. The van der Waals surface area contributed by atoms with Gasteiger partial charge in [-0.2, -0.15) is 0 Å². The number of hydrogen-bond donors (Lipinski definition) is 2. The normalized spacial score (nSPS) is 12.4. The summed E-state index contributed by atoms with van der Waals surface area (Å²) in [7, 11) is 0. The van der Waals surface area contributed by atoms with E-state index in [1.165, 1.54) is 15.3 Å². The zero-order chi connectivity index (χ0) is 13.3. The Morgan fingerprint density at radius 3 is 2.56 bits per heavy atom. The summed E-state index contributed by atoms with van der Waals surface area (Å²) < 4.78 is 1.16. The lowest BCUT2D eigenvalue weighted by Gasteiger charge is -2.17. The molecule has 0 aliphatic carbocycles. The van der Waals surface area contributed by atoms with Crippen molar-refractivity contribution in [2.24, 2.45) is 0 Å². The van der Waals surface area contributed by atoms with Crippen LogP contribution in [0.3, 0.4) is 0 Å². The van der Waals surface area contributed by atoms with E-state index in [-0.39, 0.29) is 0 Å².